The lowest BCUT2D eigenvalue weighted by molar-refractivity contribution is -0.148. The van der Waals surface area contributed by atoms with Gasteiger partial charge in [0.1, 0.15) is 12.6 Å². The number of hydrogen-bond donors (Lipinski definition) is 2. The Bertz CT molecular complexity index is 716. The summed E-state index contributed by atoms with van der Waals surface area (Å²) in [7, 11) is -3.17. The van der Waals surface area contributed by atoms with Gasteiger partial charge in [-0.05, 0) is 38.2 Å². The van der Waals surface area contributed by atoms with Crippen LogP contribution in [0.1, 0.15) is 32.3 Å². The number of amides is 1. The molecule has 1 aromatic rings. The molecule has 2 N–H and O–H groups in total. The number of benzene rings is 1. The molecule has 2 atom stereocenters. The number of piperidine rings is 1. The molecule has 27 heavy (non-hydrogen) atoms. The third-order valence-corrected chi connectivity index (χ3v) is 7.13. The smallest absolute Gasteiger partial charge is 0.410 e. The van der Waals surface area contributed by atoms with E-state index in [2.05, 4.69) is 0 Å². The third kappa shape index (κ3) is 4.89. The van der Waals surface area contributed by atoms with Gasteiger partial charge in [0.2, 0.25) is 0 Å². The van der Waals surface area contributed by atoms with E-state index in [9.17, 15) is 23.9 Å². The summed E-state index contributed by atoms with van der Waals surface area (Å²) in [4.78, 5) is 45.3. The minimum Gasteiger partial charge on any atom is -0.467 e. The van der Waals surface area contributed by atoms with Gasteiger partial charge in [0.25, 0.3) is 0 Å². The van der Waals surface area contributed by atoms with Gasteiger partial charge >= 0.3 is 19.7 Å². The Labute approximate surface area is 158 Å². The summed E-state index contributed by atoms with van der Waals surface area (Å²) in [5, 5.41) is -1.31. The van der Waals surface area contributed by atoms with Crippen LogP contribution in [0.5, 0.6) is 0 Å². The average molecular weight is 399 g/mol. The molecule has 1 amide bonds. The van der Waals surface area contributed by atoms with Crippen LogP contribution >= 0.6 is 7.60 Å². The second-order valence-corrected chi connectivity index (χ2v) is 9.43. The van der Waals surface area contributed by atoms with Gasteiger partial charge in [0.05, 0.1) is 12.3 Å². The number of hydrogen-bond acceptors (Lipinski definition) is 5. The maximum absolute atomic E-state index is 12.5. The fraction of sp³-hybridized carbons (Fsp3) is 0.556. The van der Waals surface area contributed by atoms with Crippen LogP contribution in [0.2, 0.25) is 0 Å². The molecule has 0 aromatic heterocycles. The van der Waals surface area contributed by atoms with E-state index in [1.165, 1.54) is 25.9 Å². The van der Waals surface area contributed by atoms with Gasteiger partial charge in [-0.1, -0.05) is 30.3 Å². The first-order chi connectivity index (χ1) is 12.6. The third-order valence-electron chi connectivity index (χ3n) is 5.27. The molecule has 0 saturated carbocycles. The van der Waals surface area contributed by atoms with Gasteiger partial charge in [-0.3, -0.25) is 9.46 Å². The highest BCUT2D eigenvalue weighted by Gasteiger charge is 2.49. The second-order valence-electron chi connectivity index (χ2n) is 7.19. The van der Waals surface area contributed by atoms with Crippen LogP contribution in [0, 0.1) is 5.92 Å². The Morgan fingerprint density at radius 1 is 1.26 bits per heavy atom. The standard InChI is InChI=1S/C18H26NO7P/c1-18(2,27(22,23)24)14-9-10-19(15(11-14)16(20)25-3)17(21)26-12-13-7-5-4-6-8-13/h4-8,14-15H,9-12H2,1-3H3,(H2,22,23,24). The van der Waals surface area contributed by atoms with Crippen LogP contribution < -0.4 is 0 Å². The zero-order chi connectivity index (χ0) is 20.2. The summed E-state index contributed by atoms with van der Waals surface area (Å²) < 4.78 is 21.9. The molecule has 1 aliphatic rings. The van der Waals surface area contributed by atoms with Crippen LogP contribution in [0.4, 0.5) is 4.79 Å². The normalized spacial score (nSPS) is 20.9. The molecule has 1 aliphatic heterocycles. The van der Waals surface area contributed by atoms with Crippen LogP contribution in [0.15, 0.2) is 30.3 Å². The zero-order valence-electron chi connectivity index (χ0n) is 15.7. The van der Waals surface area contributed by atoms with Crippen LogP contribution in [0.25, 0.3) is 0 Å². The highest BCUT2D eigenvalue weighted by atomic mass is 31.2. The predicted molar refractivity (Wildman–Crippen MR) is 98.0 cm³/mol. The van der Waals surface area contributed by atoms with E-state index in [0.717, 1.165) is 5.56 Å². The molecule has 0 bridgehead atoms. The molecule has 0 spiro atoms. The van der Waals surface area contributed by atoms with Crippen LogP contribution in [-0.4, -0.2) is 51.6 Å². The van der Waals surface area contributed by atoms with Gasteiger partial charge in [0, 0.05) is 6.54 Å². The summed E-state index contributed by atoms with van der Waals surface area (Å²) in [5.74, 6) is -1.07. The molecule has 2 rings (SSSR count). The van der Waals surface area contributed by atoms with E-state index in [1.54, 1.807) is 0 Å². The fourth-order valence-electron chi connectivity index (χ4n) is 3.23. The summed E-state index contributed by atoms with van der Waals surface area (Å²) in [5.41, 5.74) is 0.818. The lowest BCUT2D eigenvalue weighted by Gasteiger charge is -2.43. The van der Waals surface area contributed by atoms with Crippen molar-refractivity contribution in [3.05, 3.63) is 35.9 Å². The first-order valence-corrected chi connectivity index (χ1v) is 10.3. The monoisotopic (exact) mass is 399 g/mol. The van der Waals surface area contributed by atoms with Crippen molar-refractivity contribution in [3.63, 3.8) is 0 Å². The van der Waals surface area contributed by atoms with Gasteiger partial charge in [-0.2, -0.15) is 0 Å². The number of carbonyl (C=O) groups excluding carboxylic acids is 2. The van der Waals surface area contributed by atoms with E-state index in [1.807, 2.05) is 30.3 Å². The number of esters is 1. The molecule has 1 saturated heterocycles. The summed E-state index contributed by atoms with van der Waals surface area (Å²) in [6, 6.07) is 8.21. The van der Waals surface area contributed by atoms with E-state index < -0.39 is 36.8 Å². The molecule has 1 aromatic carbocycles. The largest absolute Gasteiger partial charge is 0.467 e. The molecule has 1 heterocycles. The van der Waals surface area contributed by atoms with Crippen molar-refractivity contribution >= 4 is 19.7 Å². The number of rotatable bonds is 5. The maximum atomic E-state index is 12.5. The minimum absolute atomic E-state index is 0.0709. The predicted octanol–water partition coefficient (Wildman–Crippen LogP) is 2.53. The summed E-state index contributed by atoms with van der Waals surface area (Å²) in [6.07, 6.45) is -0.196. The highest BCUT2D eigenvalue weighted by molar-refractivity contribution is 7.53. The Kier molecular flexibility index (Phi) is 6.68. The fourth-order valence-corrected chi connectivity index (χ4v) is 3.94. The number of likely N-dealkylation sites (tertiary alicyclic amines) is 1. The van der Waals surface area contributed by atoms with Crippen molar-refractivity contribution in [1.29, 1.82) is 0 Å². The average Bonchev–Trinajstić information content (AvgIpc) is 2.64. The summed E-state index contributed by atoms with van der Waals surface area (Å²) >= 11 is 0. The second kappa shape index (κ2) is 8.42. The topological polar surface area (TPSA) is 113 Å². The Morgan fingerprint density at radius 3 is 2.44 bits per heavy atom. The van der Waals surface area contributed by atoms with E-state index in [4.69, 9.17) is 9.47 Å². The molecular formula is C18H26NO7P. The summed E-state index contributed by atoms with van der Waals surface area (Å²) in [6.45, 7) is 3.19. The van der Waals surface area contributed by atoms with Crippen molar-refractivity contribution in [2.24, 2.45) is 5.92 Å². The molecule has 9 heteroatoms. The first-order valence-electron chi connectivity index (χ1n) is 8.68. The van der Waals surface area contributed by atoms with E-state index in [-0.39, 0.29) is 19.6 Å². The molecule has 150 valence electrons. The molecule has 0 aliphatic carbocycles. The number of carbonyl (C=O) groups is 2. The van der Waals surface area contributed by atoms with E-state index >= 15 is 0 Å². The quantitative estimate of drug-likeness (QED) is 0.578. The van der Waals surface area contributed by atoms with Crippen molar-refractivity contribution in [1.82, 2.24) is 4.90 Å². The highest BCUT2D eigenvalue weighted by Crippen LogP contribution is 2.56. The van der Waals surface area contributed by atoms with Crippen molar-refractivity contribution < 1.29 is 33.4 Å². The van der Waals surface area contributed by atoms with Gasteiger partial charge in [0.15, 0.2) is 0 Å². The van der Waals surface area contributed by atoms with Crippen LogP contribution in [0.3, 0.4) is 0 Å². The zero-order valence-corrected chi connectivity index (χ0v) is 16.6. The molecular weight excluding hydrogens is 373 g/mol. The van der Waals surface area contributed by atoms with Crippen molar-refractivity contribution in [2.75, 3.05) is 13.7 Å². The first kappa shape index (κ1) is 21.4. The van der Waals surface area contributed by atoms with Gasteiger partial charge < -0.3 is 19.3 Å². The SMILES string of the molecule is COC(=O)C1CC(C(C)(C)P(=O)(O)O)CCN1C(=O)OCc1ccccc1. The van der Waals surface area contributed by atoms with Crippen LogP contribution in [-0.2, 0) is 25.4 Å². The molecule has 0 radical (unpaired) electrons. The Balaban J connectivity index is 2.11. The van der Waals surface area contributed by atoms with Gasteiger partial charge in [-0.15, -0.1) is 0 Å². The van der Waals surface area contributed by atoms with Crippen molar-refractivity contribution in [2.45, 2.75) is 44.5 Å². The number of nitrogens with zero attached hydrogens (tertiary/aromatic N) is 1. The van der Waals surface area contributed by atoms with E-state index in [0.29, 0.717) is 6.42 Å². The molecule has 8 nitrogen and oxygen atoms in total. The van der Waals surface area contributed by atoms with Crippen molar-refractivity contribution in [3.8, 4) is 0 Å². The maximum Gasteiger partial charge on any atom is 0.410 e. The lowest BCUT2D eigenvalue weighted by atomic mass is 9.82. The Morgan fingerprint density at radius 2 is 1.89 bits per heavy atom. The molecule has 2 unspecified atom stereocenters. The lowest BCUT2D eigenvalue weighted by Crippen LogP contribution is -2.53. The Hall–Kier alpha value is -1.89. The molecule has 1 fully saturated rings. The number of ether oxygens (including phenoxy) is 2. The van der Waals surface area contributed by atoms with Gasteiger partial charge in [-0.25, -0.2) is 9.59 Å². The minimum atomic E-state index is -4.39. The number of methoxy groups -OCH3 is 1.